The molecule has 3 N–H and O–H groups in total. The van der Waals surface area contributed by atoms with E-state index in [0.717, 1.165) is 28.0 Å². The Balaban J connectivity index is 1.77. The number of ether oxygens (including phenoxy) is 1. The van der Waals surface area contributed by atoms with Gasteiger partial charge in [0, 0.05) is 41.3 Å². The van der Waals surface area contributed by atoms with E-state index in [1.807, 2.05) is 36.4 Å². The Kier molecular flexibility index (Phi) is 4.70. The quantitative estimate of drug-likeness (QED) is 0.668. The Labute approximate surface area is 144 Å². The fourth-order valence-electron chi connectivity index (χ4n) is 2.56. The molecule has 0 fully saturated rings. The van der Waals surface area contributed by atoms with Crippen molar-refractivity contribution in [2.75, 3.05) is 17.7 Å². The normalized spacial score (nSPS) is 10.5. The van der Waals surface area contributed by atoms with Gasteiger partial charge >= 0.3 is 0 Å². The third-order valence-electron chi connectivity index (χ3n) is 3.82. The molecular formula is C19H19N3O3. The zero-order valence-electron chi connectivity index (χ0n) is 14.1. The first kappa shape index (κ1) is 16.6. The largest absolute Gasteiger partial charge is 0.497 e. The minimum absolute atomic E-state index is 0.112. The van der Waals surface area contributed by atoms with Crippen molar-refractivity contribution in [1.82, 2.24) is 4.98 Å². The van der Waals surface area contributed by atoms with Crippen LogP contribution >= 0.6 is 0 Å². The number of rotatable bonds is 5. The van der Waals surface area contributed by atoms with Gasteiger partial charge in [-0.05, 0) is 48.5 Å². The number of H-pyrrole nitrogens is 1. The number of aromatic amines is 1. The number of nitrogens with one attached hydrogen (secondary N) is 3. The van der Waals surface area contributed by atoms with E-state index in [2.05, 4.69) is 15.6 Å². The Hall–Kier alpha value is -3.28. The van der Waals surface area contributed by atoms with Crippen LogP contribution in [-0.2, 0) is 11.3 Å². The number of hydrogen-bond acceptors (Lipinski definition) is 4. The molecule has 0 aliphatic heterocycles. The van der Waals surface area contributed by atoms with Gasteiger partial charge in [0.1, 0.15) is 5.75 Å². The highest BCUT2D eigenvalue weighted by molar-refractivity contribution is 5.88. The van der Waals surface area contributed by atoms with E-state index < -0.39 is 0 Å². The van der Waals surface area contributed by atoms with Crippen LogP contribution in [0.5, 0.6) is 5.75 Å². The number of amides is 1. The standard InChI is InChI=1S/C19H19N3O3/c1-12(23)21-16-5-3-15(4-6-16)20-11-14-9-13-10-17(25-2)7-8-18(13)22-19(14)24/h3-10,20H,11H2,1-2H3,(H,21,23)(H,22,24). The lowest BCUT2D eigenvalue weighted by atomic mass is 10.1. The first-order chi connectivity index (χ1) is 12.0. The molecule has 3 aromatic rings. The lowest BCUT2D eigenvalue weighted by Gasteiger charge is -2.09. The highest BCUT2D eigenvalue weighted by Crippen LogP contribution is 2.19. The molecule has 1 aromatic heterocycles. The summed E-state index contributed by atoms with van der Waals surface area (Å²) in [7, 11) is 1.61. The maximum atomic E-state index is 12.2. The molecule has 3 rings (SSSR count). The predicted octanol–water partition coefficient (Wildman–Crippen LogP) is 3.11. The topological polar surface area (TPSA) is 83.2 Å². The molecule has 0 radical (unpaired) electrons. The van der Waals surface area contributed by atoms with Gasteiger partial charge in [0.2, 0.25) is 5.91 Å². The van der Waals surface area contributed by atoms with Crippen molar-refractivity contribution in [3.05, 3.63) is 64.4 Å². The molecule has 0 aliphatic rings. The number of carbonyl (C=O) groups is 1. The van der Waals surface area contributed by atoms with Gasteiger partial charge in [0.15, 0.2) is 0 Å². The van der Waals surface area contributed by atoms with Crippen molar-refractivity contribution < 1.29 is 9.53 Å². The number of aromatic nitrogens is 1. The molecule has 6 nitrogen and oxygen atoms in total. The fraction of sp³-hybridized carbons (Fsp3) is 0.158. The first-order valence-electron chi connectivity index (χ1n) is 7.86. The molecular weight excluding hydrogens is 318 g/mol. The van der Waals surface area contributed by atoms with Crippen molar-refractivity contribution in [3.8, 4) is 5.75 Å². The molecule has 0 spiro atoms. The van der Waals surface area contributed by atoms with E-state index >= 15 is 0 Å². The Morgan fingerprint density at radius 2 is 1.80 bits per heavy atom. The van der Waals surface area contributed by atoms with Crippen LogP contribution in [0.25, 0.3) is 10.9 Å². The van der Waals surface area contributed by atoms with Crippen LogP contribution in [0.2, 0.25) is 0 Å². The molecule has 0 bridgehead atoms. The molecule has 0 unspecified atom stereocenters. The molecule has 0 aliphatic carbocycles. The fourth-order valence-corrected chi connectivity index (χ4v) is 2.56. The summed E-state index contributed by atoms with van der Waals surface area (Å²) in [5.41, 5.74) is 2.87. The molecule has 2 aromatic carbocycles. The highest BCUT2D eigenvalue weighted by Gasteiger charge is 2.05. The van der Waals surface area contributed by atoms with Crippen molar-refractivity contribution in [2.24, 2.45) is 0 Å². The number of benzene rings is 2. The van der Waals surface area contributed by atoms with Gasteiger partial charge in [-0.15, -0.1) is 0 Å². The van der Waals surface area contributed by atoms with Crippen LogP contribution in [0.4, 0.5) is 11.4 Å². The van der Waals surface area contributed by atoms with Gasteiger partial charge < -0.3 is 20.4 Å². The highest BCUT2D eigenvalue weighted by atomic mass is 16.5. The Bertz CT molecular complexity index is 962. The zero-order chi connectivity index (χ0) is 17.8. The zero-order valence-corrected chi connectivity index (χ0v) is 14.1. The van der Waals surface area contributed by atoms with E-state index in [-0.39, 0.29) is 11.5 Å². The monoisotopic (exact) mass is 337 g/mol. The van der Waals surface area contributed by atoms with Crippen molar-refractivity contribution in [1.29, 1.82) is 0 Å². The summed E-state index contributed by atoms with van der Waals surface area (Å²) in [4.78, 5) is 26.1. The van der Waals surface area contributed by atoms with Crippen LogP contribution in [0, 0.1) is 0 Å². The second-order valence-electron chi connectivity index (χ2n) is 5.69. The van der Waals surface area contributed by atoms with Crippen LogP contribution in [0.15, 0.2) is 53.3 Å². The van der Waals surface area contributed by atoms with Gasteiger partial charge in [0.25, 0.3) is 5.56 Å². The second kappa shape index (κ2) is 7.09. The third-order valence-corrected chi connectivity index (χ3v) is 3.82. The van der Waals surface area contributed by atoms with Gasteiger partial charge in [-0.3, -0.25) is 9.59 Å². The first-order valence-corrected chi connectivity index (χ1v) is 7.86. The van der Waals surface area contributed by atoms with Gasteiger partial charge in [0.05, 0.1) is 7.11 Å². The Morgan fingerprint density at radius 3 is 2.48 bits per heavy atom. The summed E-state index contributed by atoms with van der Waals surface area (Å²) < 4.78 is 5.22. The molecule has 128 valence electrons. The molecule has 0 saturated heterocycles. The number of fused-ring (bicyclic) bond motifs is 1. The summed E-state index contributed by atoms with van der Waals surface area (Å²) >= 11 is 0. The predicted molar refractivity (Wildman–Crippen MR) is 99.2 cm³/mol. The molecule has 1 heterocycles. The van der Waals surface area contributed by atoms with Crippen molar-refractivity contribution in [3.63, 3.8) is 0 Å². The average molecular weight is 337 g/mol. The maximum absolute atomic E-state index is 12.2. The summed E-state index contributed by atoms with van der Waals surface area (Å²) in [6.07, 6.45) is 0. The van der Waals surface area contributed by atoms with Crippen LogP contribution in [0.1, 0.15) is 12.5 Å². The van der Waals surface area contributed by atoms with E-state index in [0.29, 0.717) is 12.1 Å². The van der Waals surface area contributed by atoms with E-state index in [4.69, 9.17) is 4.74 Å². The Morgan fingerprint density at radius 1 is 1.08 bits per heavy atom. The minimum Gasteiger partial charge on any atom is -0.497 e. The molecule has 6 heteroatoms. The molecule has 0 atom stereocenters. The lowest BCUT2D eigenvalue weighted by molar-refractivity contribution is -0.114. The summed E-state index contributed by atoms with van der Waals surface area (Å²) in [6, 6.07) is 14.7. The second-order valence-corrected chi connectivity index (χ2v) is 5.69. The van der Waals surface area contributed by atoms with Crippen molar-refractivity contribution in [2.45, 2.75) is 13.5 Å². The number of methoxy groups -OCH3 is 1. The van der Waals surface area contributed by atoms with Gasteiger partial charge in [-0.2, -0.15) is 0 Å². The number of pyridine rings is 1. The van der Waals surface area contributed by atoms with E-state index in [1.165, 1.54) is 6.92 Å². The van der Waals surface area contributed by atoms with Crippen molar-refractivity contribution >= 4 is 28.2 Å². The minimum atomic E-state index is -0.125. The summed E-state index contributed by atoms with van der Waals surface area (Å²) in [5.74, 6) is 0.630. The van der Waals surface area contributed by atoms with E-state index in [9.17, 15) is 9.59 Å². The van der Waals surface area contributed by atoms with Gasteiger partial charge in [-0.25, -0.2) is 0 Å². The SMILES string of the molecule is COc1ccc2[nH]c(=O)c(CNc3ccc(NC(C)=O)cc3)cc2c1. The van der Waals surface area contributed by atoms with Crippen LogP contribution in [0.3, 0.4) is 0 Å². The molecule has 0 saturated carbocycles. The van der Waals surface area contributed by atoms with E-state index in [1.54, 1.807) is 19.2 Å². The van der Waals surface area contributed by atoms with Gasteiger partial charge in [-0.1, -0.05) is 0 Å². The number of anilines is 2. The maximum Gasteiger partial charge on any atom is 0.253 e. The average Bonchev–Trinajstić information content (AvgIpc) is 2.60. The smallest absolute Gasteiger partial charge is 0.253 e. The van der Waals surface area contributed by atoms with Crippen LogP contribution < -0.4 is 20.9 Å². The number of carbonyl (C=O) groups excluding carboxylic acids is 1. The summed E-state index contributed by atoms with van der Waals surface area (Å²) in [5, 5.41) is 6.84. The molecule has 25 heavy (non-hydrogen) atoms. The van der Waals surface area contributed by atoms with Crippen LogP contribution in [-0.4, -0.2) is 18.0 Å². The lowest BCUT2D eigenvalue weighted by Crippen LogP contribution is -2.15. The number of hydrogen-bond donors (Lipinski definition) is 3. The molecule has 1 amide bonds. The third kappa shape index (κ3) is 3.98. The summed E-state index contributed by atoms with van der Waals surface area (Å²) in [6.45, 7) is 1.86.